The molecule has 0 radical (unpaired) electrons. The number of fused-ring (bicyclic) bond motifs is 1. The van der Waals surface area contributed by atoms with Gasteiger partial charge in [0, 0.05) is 17.1 Å². The molecule has 0 saturated carbocycles. The molecule has 0 saturated heterocycles. The van der Waals surface area contributed by atoms with Crippen molar-refractivity contribution in [1.29, 1.82) is 0 Å². The van der Waals surface area contributed by atoms with Crippen LogP contribution in [0.2, 0.25) is 5.02 Å². The standard InChI is InChI=1S/C16H11ClFNO/c1-20-12-4-2-3-10(7-12)14-9-19-15-6-5-11(18)8-13(15)16(14)17/h2-9H,1H3. The number of hydrogen-bond acceptors (Lipinski definition) is 2. The number of ether oxygens (including phenoxy) is 1. The van der Waals surface area contributed by atoms with Crippen LogP contribution in [0.15, 0.2) is 48.7 Å². The van der Waals surface area contributed by atoms with Crippen LogP contribution >= 0.6 is 11.6 Å². The van der Waals surface area contributed by atoms with Crippen molar-refractivity contribution in [3.05, 3.63) is 59.5 Å². The van der Waals surface area contributed by atoms with Crippen LogP contribution in [0.25, 0.3) is 22.0 Å². The van der Waals surface area contributed by atoms with E-state index in [0.717, 1.165) is 16.9 Å². The Bertz CT molecular complexity index is 789. The maximum atomic E-state index is 13.4. The highest BCUT2D eigenvalue weighted by molar-refractivity contribution is 6.38. The van der Waals surface area contributed by atoms with Gasteiger partial charge in [0.15, 0.2) is 0 Å². The predicted molar refractivity (Wildman–Crippen MR) is 78.7 cm³/mol. The molecule has 0 aliphatic carbocycles. The topological polar surface area (TPSA) is 22.1 Å². The summed E-state index contributed by atoms with van der Waals surface area (Å²) in [6.07, 6.45) is 1.69. The molecule has 2 nitrogen and oxygen atoms in total. The van der Waals surface area contributed by atoms with E-state index in [2.05, 4.69) is 4.98 Å². The molecule has 3 rings (SSSR count). The van der Waals surface area contributed by atoms with Gasteiger partial charge in [0.05, 0.1) is 17.6 Å². The average molecular weight is 288 g/mol. The highest BCUT2D eigenvalue weighted by Gasteiger charge is 2.10. The summed E-state index contributed by atoms with van der Waals surface area (Å²) in [6, 6.07) is 11.9. The summed E-state index contributed by atoms with van der Waals surface area (Å²) in [5, 5.41) is 1.09. The Hall–Kier alpha value is -2.13. The summed E-state index contributed by atoms with van der Waals surface area (Å²) in [4.78, 5) is 4.32. The summed E-state index contributed by atoms with van der Waals surface area (Å²) in [5.41, 5.74) is 2.31. The number of rotatable bonds is 2. The molecule has 0 aliphatic heterocycles. The van der Waals surface area contributed by atoms with Crippen molar-refractivity contribution in [2.75, 3.05) is 7.11 Å². The Kier molecular flexibility index (Phi) is 3.28. The first-order valence-electron chi connectivity index (χ1n) is 6.07. The first kappa shape index (κ1) is 12.9. The van der Waals surface area contributed by atoms with Gasteiger partial charge in [-0.1, -0.05) is 23.7 Å². The molecule has 20 heavy (non-hydrogen) atoms. The molecule has 100 valence electrons. The van der Waals surface area contributed by atoms with Crippen LogP contribution in [0, 0.1) is 5.82 Å². The second-order valence-electron chi connectivity index (χ2n) is 4.38. The summed E-state index contributed by atoms with van der Waals surface area (Å²) >= 11 is 6.40. The molecule has 0 spiro atoms. The van der Waals surface area contributed by atoms with Crippen LogP contribution in [-0.4, -0.2) is 12.1 Å². The summed E-state index contributed by atoms with van der Waals surface area (Å²) < 4.78 is 18.6. The lowest BCUT2D eigenvalue weighted by molar-refractivity contribution is 0.415. The first-order valence-corrected chi connectivity index (χ1v) is 6.45. The van der Waals surface area contributed by atoms with Gasteiger partial charge in [-0.2, -0.15) is 0 Å². The fourth-order valence-electron chi connectivity index (χ4n) is 2.12. The van der Waals surface area contributed by atoms with Gasteiger partial charge in [0.1, 0.15) is 11.6 Å². The third kappa shape index (κ3) is 2.21. The van der Waals surface area contributed by atoms with Crippen molar-refractivity contribution in [2.45, 2.75) is 0 Å². The van der Waals surface area contributed by atoms with Crippen LogP contribution < -0.4 is 4.74 Å². The maximum absolute atomic E-state index is 13.4. The van der Waals surface area contributed by atoms with E-state index in [1.165, 1.54) is 12.1 Å². The lowest BCUT2D eigenvalue weighted by atomic mass is 10.0. The molecule has 0 N–H and O–H groups in total. The van der Waals surface area contributed by atoms with Gasteiger partial charge >= 0.3 is 0 Å². The second kappa shape index (κ2) is 5.10. The molecule has 0 atom stereocenters. The minimum atomic E-state index is -0.330. The van der Waals surface area contributed by atoms with Crippen molar-refractivity contribution in [3.8, 4) is 16.9 Å². The van der Waals surface area contributed by atoms with Crippen molar-refractivity contribution in [1.82, 2.24) is 4.98 Å². The zero-order valence-electron chi connectivity index (χ0n) is 10.7. The molecule has 0 amide bonds. The molecule has 0 aliphatic rings. The average Bonchev–Trinajstić information content (AvgIpc) is 2.48. The maximum Gasteiger partial charge on any atom is 0.124 e. The fourth-order valence-corrected chi connectivity index (χ4v) is 2.43. The van der Waals surface area contributed by atoms with E-state index >= 15 is 0 Å². The van der Waals surface area contributed by atoms with Gasteiger partial charge in [0.25, 0.3) is 0 Å². The largest absolute Gasteiger partial charge is 0.497 e. The minimum Gasteiger partial charge on any atom is -0.497 e. The van der Waals surface area contributed by atoms with Gasteiger partial charge in [0.2, 0.25) is 0 Å². The van der Waals surface area contributed by atoms with Crippen molar-refractivity contribution in [2.24, 2.45) is 0 Å². The van der Waals surface area contributed by atoms with Gasteiger partial charge in [-0.25, -0.2) is 4.39 Å². The predicted octanol–water partition coefficient (Wildman–Crippen LogP) is 4.70. The number of methoxy groups -OCH3 is 1. The Labute approximate surface area is 120 Å². The molecule has 0 bridgehead atoms. The molecule has 1 aromatic heterocycles. The minimum absolute atomic E-state index is 0.330. The Balaban J connectivity index is 2.23. The Morgan fingerprint density at radius 3 is 2.80 bits per heavy atom. The molecule has 0 fully saturated rings. The van der Waals surface area contributed by atoms with Crippen LogP contribution in [0.3, 0.4) is 0 Å². The molecular formula is C16H11ClFNO. The zero-order chi connectivity index (χ0) is 14.1. The summed E-state index contributed by atoms with van der Waals surface area (Å²) in [7, 11) is 1.61. The molecule has 2 aromatic carbocycles. The number of aromatic nitrogens is 1. The zero-order valence-corrected chi connectivity index (χ0v) is 11.5. The van der Waals surface area contributed by atoms with E-state index in [9.17, 15) is 4.39 Å². The molecule has 1 heterocycles. The van der Waals surface area contributed by atoms with Crippen LogP contribution in [0.5, 0.6) is 5.75 Å². The SMILES string of the molecule is COc1cccc(-c2cnc3ccc(F)cc3c2Cl)c1. The van der Waals surface area contributed by atoms with Gasteiger partial charge in [-0.05, 0) is 35.9 Å². The fraction of sp³-hybridized carbons (Fsp3) is 0.0625. The van der Waals surface area contributed by atoms with E-state index in [1.807, 2.05) is 24.3 Å². The lowest BCUT2D eigenvalue weighted by Crippen LogP contribution is -1.88. The molecular weight excluding hydrogens is 277 g/mol. The lowest BCUT2D eigenvalue weighted by Gasteiger charge is -2.09. The first-order chi connectivity index (χ1) is 9.69. The van der Waals surface area contributed by atoms with E-state index in [4.69, 9.17) is 16.3 Å². The number of hydrogen-bond donors (Lipinski definition) is 0. The Morgan fingerprint density at radius 1 is 1.15 bits per heavy atom. The van der Waals surface area contributed by atoms with Crippen molar-refractivity contribution < 1.29 is 9.13 Å². The number of benzene rings is 2. The summed E-state index contributed by atoms with van der Waals surface area (Å²) in [5.74, 6) is 0.405. The summed E-state index contributed by atoms with van der Waals surface area (Å²) in [6.45, 7) is 0. The normalized spacial score (nSPS) is 10.8. The van der Waals surface area contributed by atoms with Gasteiger partial charge < -0.3 is 4.74 Å². The smallest absolute Gasteiger partial charge is 0.124 e. The monoisotopic (exact) mass is 287 g/mol. The van der Waals surface area contributed by atoms with Crippen LogP contribution in [0.4, 0.5) is 4.39 Å². The van der Waals surface area contributed by atoms with E-state index in [0.29, 0.717) is 15.9 Å². The number of halogens is 2. The van der Waals surface area contributed by atoms with E-state index in [1.54, 1.807) is 19.4 Å². The highest BCUT2D eigenvalue weighted by atomic mass is 35.5. The van der Waals surface area contributed by atoms with E-state index < -0.39 is 0 Å². The number of pyridine rings is 1. The highest BCUT2D eigenvalue weighted by Crippen LogP contribution is 2.34. The third-order valence-corrected chi connectivity index (χ3v) is 3.55. The third-order valence-electron chi connectivity index (χ3n) is 3.15. The molecule has 0 unspecified atom stereocenters. The quantitative estimate of drug-likeness (QED) is 0.681. The molecule has 4 heteroatoms. The van der Waals surface area contributed by atoms with Gasteiger partial charge in [-0.3, -0.25) is 4.98 Å². The molecule has 3 aromatic rings. The van der Waals surface area contributed by atoms with Crippen LogP contribution in [-0.2, 0) is 0 Å². The van der Waals surface area contributed by atoms with E-state index in [-0.39, 0.29) is 5.82 Å². The van der Waals surface area contributed by atoms with Crippen molar-refractivity contribution >= 4 is 22.5 Å². The number of nitrogens with zero attached hydrogens (tertiary/aromatic N) is 1. The van der Waals surface area contributed by atoms with Crippen LogP contribution in [0.1, 0.15) is 0 Å². The Morgan fingerprint density at radius 2 is 2.00 bits per heavy atom. The second-order valence-corrected chi connectivity index (χ2v) is 4.76. The van der Waals surface area contributed by atoms with Gasteiger partial charge in [-0.15, -0.1) is 0 Å². The van der Waals surface area contributed by atoms with Crippen molar-refractivity contribution in [3.63, 3.8) is 0 Å².